The average molecular weight is 419 g/mol. The first-order valence-corrected chi connectivity index (χ1v) is 10.9. The minimum Gasteiger partial charge on any atom is -0.467 e. The first kappa shape index (κ1) is 21.0. The lowest BCUT2D eigenvalue weighted by atomic mass is 10.2. The number of amides is 1. The van der Waals surface area contributed by atoms with E-state index in [-0.39, 0.29) is 11.9 Å². The number of nitrogens with one attached hydrogen (secondary N) is 2. The Morgan fingerprint density at radius 1 is 0.968 bits per heavy atom. The van der Waals surface area contributed by atoms with Crippen molar-refractivity contribution in [3.8, 4) is 0 Å². The summed E-state index contributed by atoms with van der Waals surface area (Å²) in [6, 6.07) is 22.3. The molecule has 0 radical (unpaired) electrons. The Morgan fingerprint density at radius 2 is 1.71 bits per heavy atom. The summed E-state index contributed by atoms with van der Waals surface area (Å²) in [5, 5.41) is 6.15. The molecule has 3 aromatic rings. The van der Waals surface area contributed by atoms with Crippen LogP contribution >= 0.6 is 0 Å². The molecule has 0 aliphatic carbocycles. The predicted molar refractivity (Wildman–Crippen MR) is 124 cm³/mol. The fraction of sp³-hybridized carbons (Fsp3) is 0.320. The summed E-state index contributed by atoms with van der Waals surface area (Å²) in [6.07, 6.45) is 1.61. The number of benzene rings is 2. The van der Waals surface area contributed by atoms with Gasteiger partial charge in [0.05, 0.1) is 12.8 Å². The number of furan rings is 1. The highest BCUT2D eigenvalue weighted by Crippen LogP contribution is 2.20. The molecule has 1 aliphatic heterocycles. The lowest BCUT2D eigenvalue weighted by Gasteiger charge is -2.36. The van der Waals surface area contributed by atoms with E-state index in [1.807, 2.05) is 31.2 Å². The third-order valence-electron chi connectivity index (χ3n) is 5.65. The highest BCUT2D eigenvalue weighted by Gasteiger charge is 2.18. The molecule has 0 unspecified atom stereocenters. The van der Waals surface area contributed by atoms with Crippen molar-refractivity contribution >= 4 is 17.3 Å². The zero-order chi connectivity index (χ0) is 21.5. The molecule has 1 amide bonds. The molecule has 0 saturated carbocycles. The van der Waals surface area contributed by atoms with Crippen LogP contribution in [0.4, 0.5) is 11.4 Å². The van der Waals surface area contributed by atoms with E-state index in [0.717, 1.165) is 44.2 Å². The smallest absolute Gasteiger partial charge is 0.242 e. The quantitative estimate of drug-likeness (QED) is 0.584. The van der Waals surface area contributed by atoms with Gasteiger partial charge in [0.25, 0.3) is 0 Å². The van der Waals surface area contributed by atoms with Crippen molar-refractivity contribution < 1.29 is 9.21 Å². The van der Waals surface area contributed by atoms with Crippen LogP contribution in [0.2, 0.25) is 0 Å². The van der Waals surface area contributed by atoms with Crippen molar-refractivity contribution in [2.24, 2.45) is 0 Å². The summed E-state index contributed by atoms with van der Waals surface area (Å²) >= 11 is 0. The highest BCUT2D eigenvalue weighted by molar-refractivity contribution is 5.84. The molecule has 0 spiro atoms. The Hall–Kier alpha value is -3.25. The molecule has 0 bridgehead atoms. The fourth-order valence-electron chi connectivity index (χ4n) is 3.83. The van der Waals surface area contributed by atoms with Crippen molar-refractivity contribution in [3.63, 3.8) is 0 Å². The molecule has 2 heterocycles. The standard InChI is InChI=1S/C25H30N4O2/c1-20(25(30)26-18-24-8-5-17-31-24)27-22-9-11-23(12-10-22)29-15-13-28(14-16-29)19-21-6-3-2-4-7-21/h2-12,17,20,27H,13-16,18-19H2,1H3,(H,26,30)/t20-/m1/s1. The second-order valence-electron chi connectivity index (χ2n) is 7.96. The number of anilines is 2. The van der Waals surface area contributed by atoms with Crippen LogP contribution in [-0.4, -0.2) is 43.0 Å². The number of nitrogens with zero attached hydrogens (tertiary/aromatic N) is 2. The van der Waals surface area contributed by atoms with Gasteiger partial charge in [-0.15, -0.1) is 0 Å². The summed E-state index contributed by atoms with van der Waals surface area (Å²) in [5.74, 6) is 0.684. The van der Waals surface area contributed by atoms with Crippen molar-refractivity contribution in [3.05, 3.63) is 84.3 Å². The first-order valence-electron chi connectivity index (χ1n) is 10.9. The van der Waals surface area contributed by atoms with E-state index in [0.29, 0.717) is 6.54 Å². The number of carbonyl (C=O) groups is 1. The second kappa shape index (κ2) is 10.2. The van der Waals surface area contributed by atoms with E-state index >= 15 is 0 Å². The van der Waals surface area contributed by atoms with Gasteiger partial charge in [-0.2, -0.15) is 0 Å². The van der Waals surface area contributed by atoms with Crippen molar-refractivity contribution in [2.45, 2.75) is 26.1 Å². The lowest BCUT2D eigenvalue weighted by Crippen LogP contribution is -2.45. The SMILES string of the molecule is C[C@@H](Nc1ccc(N2CCN(Cc3ccccc3)CC2)cc1)C(=O)NCc1ccco1. The van der Waals surface area contributed by atoms with Crippen molar-refractivity contribution in [2.75, 3.05) is 36.4 Å². The minimum absolute atomic E-state index is 0.0602. The van der Waals surface area contributed by atoms with E-state index in [1.165, 1.54) is 11.3 Å². The summed E-state index contributed by atoms with van der Waals surface area (Å²) < 4.78 is 5.25. The molecule has 31 heavy (non-hydrogen) atoms. The zero-order valence-electron chi connectivity index (χ0n) is 18.0. The zero-order valence-corrected chi connectivity index (χ0v) is 18.0. The topological polar surface area (TPSA) is 60.8 Å². The molecule has 1 atom stereocenters. The van der Waals surface area contributed by atoms with E-state index in [2.05, 4.69) is 62.9 Å². The Balaban J connectivity index is 1.23. The van der Waals surface area contributed by atoms with Gasteiger partial charge < -0.3 is 20.0 Å². The third kappa shape index (κ3) is 5.89. The number of carbonyl (C=O) groups excluding carboxylic acids is 1. The van der Waals surface area contributed by atoms with Crippen LogP contribution in [0.3, 0.4) is 0 Å². The van der Waals surface area contributed by atoms with Crippen LogP contribution in [0, 0.1) is 0 Å². The third-order valence-corrected chi connectivity index (χ3v) is 5.65. The van der Waals surface area contributed by atoms with E-state index in [1.54, 1.807) is 6.26 Å². The predicted octanol–water partition coefficient (Wildman–Crippen LogP) is 3.72. The second-order valence-corrected chi connectivity index (χ2v) is 7.96. The summed E-state index contributed by atoms with van der Waals surface area (Å²) in [4.78, 5) is 17.2. The number of hydrogen-bond donors (Lipinski definition) is 2. The molecule has 2 aromatic carbocycles. The Kier molecular flexibility index (Phi) is 6.89. The molecular formula is C25H30N4O2. The Bertz CT molecular complexity index is 933. The minimum atomic E-state index is -0.331. The molecule has 4 rings (SSSR count). The van der Waals surface area contributed by atoms with Crippen molar-refractivity contribution in [1.82, 2.24) is 10.2 Å². The molecule has 1 aromatic heterocycles. The average Bonchev–Trinajstić information content (AvgIpc) is 3.33. The lowest BCUT2D eigenvalue weighted by molar-refractivity contribution is -0.121. The van der Waals surface area contributed by atoms with Crippen LogP contribution in [0.1, 0.15) is 18.2 Å². The van der Waals surface area contributed by atoms with Gasteiger partial charge in [-0.1, -0.05) is 30.3 Å². The van der Waals surface area contributed by atoms with Gasteiger partial charge in [0.1, 0.15) is 11.8 Å². The number of rotatable bonds is 8. The maximum atomic E-state index is 12.3. The molecule has 162 valence electrons. The molecule has 1 aliphatic rings. The van der Waals surface area contributed by atoms with Crippen LogP contribution in [-0.2, 0) is 17.9 Å². The van der Waals surface area contributed by atoms with Gasteiger partial charge in [-0.05, 0) is 48.9 Å². The Morgan fingerprint density at radius 3 is 2.39 bits per heavy atom. The monoisotopic (exact) mass is 418 g/mol. The normalized spacial score (nSPS) is 15.5. The highest BCUT2D eigenvalue weighted by atomic mass is 16.3. The summed E-state index contributed by atoms with van der Waals surface area (Å²) in [6.45, 7) is 7.42. The molecular weight excluding hydrogens is 388 g/mol. The maximum absolute atomic E-state index is 12.3. The van der Waals surface area contributed by atoms with Crippen LogP contribution < -0.4 is 15.5 Å². The molecule has 1 fully saturated rings. The van der Waals surface area contributed by atoms with Crippen LogP contribution in [0.15, 0.2) is 77.4 Å². The molecule has 6 heteroatoms. The largest absolute Gasteiger partial charge is 0.467 e. The fourth-order valence-corrected chi connectivity index (χ4v) is 3.83. The molecule has 6 nitrogen and oxygen atoms in total. The number of hydrogen-bond acceptors (Lipinski definition) is 5. The summed E-state index contributed by atoms with van der Waals surface area (Å²) in [7, 11) is 0. The van der Waals surface area contributed by atoms with Gasteiger partial charge >= 0.3 is 0 Å². The van der Waals surface area contributed by atoms with Crippen LogP contribution in [0.25, 0.3) is 0 Å². The van der Waals surface area contributed by atoms with Gasteiger partial charge in [0.15, 0.2) is 0 Å². The van der Waals surface area contributed by atoms with Crippen LogP contribution in [0.5, 0.6) is 0 Å². The molecule has 2 N–H and O–H groups in total. The van der Waals surface area contributed by atoms with Gasteiger partial charge in [0.2, 0.25) is 5.91 Å². The first-order chi connectivity index (χ1) is 15.2. The van der Waals surface area contributed by atoms with Gasteiger partial charge in [-0.25, -0.2) is 0 Å². The number of piperazine rings is 1. The van der Waals surface area contributed by atoms with Crippen molar-refractivity contribution in [1.29, 1.82) is 0 Å². The Labute approximate surface area is 183 Å². The van der Waals surface area contributed by atoms with E-state index in [4.69, 9.17) is 4.42 Å². The van der Waals surface area contributed by atoms with E-state index in [9.17, 15) is 4.79 Å². The van der Waals surface area contributed by atoms with E-state index < -0.39 is 0 Å². The summed E-state index contributed by atoms with van der Waals surface area (Å²) in [5.41, 5.74) is 3.53. The molecule has 1 saturated heterocycles. The van der Waals surface area contributed by atoms with Gasteiger partial charge in [0, 0.05) is 44.1 Å². The maximum Gasteiger partial charge on any atom is 0.242 e. The van der Waals surface area contributed by atoms with Gasteiger partial charge in [-0.3, -0.25) is 9.69 Å².